The number of benzene rings is 1. The van der Waals surface area contributed by atoms with Gasteiger partial charge in [-0.25, -0.2) is 15.0 Å². The minimum atomic E-state index is 0.210. The van der Waals surface area contributed by atoms with E-state index in [1.807, 2.05) is 43.5 Å². The van der Waals surface area contributed by atoms with E-state index in [2.05, 4.69) is 51.5 Å². The molecule has 3 heterocycles. The predicted molar refractivity (Wildman–Crippen MR) is 130 cm³/mol. The number of nitrogens with zero attached hydrogens (tertiary/aromatic N) is 4. The zero-order chi connectivity index (χ0) is 23.0. The summed E-state index contributed by atoms with van der Waals surface area (Å²) >= 11 is 0. The lowest BCUT2D eigenvalue weighted by Crippen LogP contribution is -2.45. The molecule has 8 nitrogen and oxygen atoms in total. The van der Waals surface area contributed by atoms with Gasteiger partial charge in [0.15, 0.2) is 5.96 Å². The van der Waals surface area contributed by atoms with Crippen LogP contribution in [0.4, 0.5) is 5.82 Å². The molecule has 2 aromatic heterocycles. The molecule has 174 valence electrons. The van der Waals surface area contributed by atoms with Gasteiger partial charge in [0.25, 0.3) is 0 Å². The highest BCUT2D eigenvalue weighted by molar-refractivity contribution is 5.79. The molecule has 0 radical (unpaired) electrons. The Balaban J connectivity index is 1.34. The number of anilines is 1. The zero-order valence-corrected chi connectivity index (χ0v) is 19.5. The van der Waals surface area contributed by atoms with Crippen molar-refractivity contribution in [3.8, 4) is 11.5 Å². The summed E-state index contributed by atoms with van der Waals surface area (Å²) in [4.78, 5) is 16.2. The van der Waals surface area contributed by atoms with Gasteiger partial charge in [-0.05, 0) is 44.5 Å². The summed E-state index contributed by atoms with van der Waals surface area (Å²) in [5.41, 5.74) is 2.83. The van der Waals surface area contributed by atoms with E-state index in [0.29, 0.717) is 19.0 Å². The maximum atomic E-state index is 5.82. The Bertz CT molecular complexity index is 1020. The molecule has 1 aliphatic heterocycles. The third-order valence-electron chi connectivity index (χ3n) is 5.33. The lowest BCUT2D eigenvalue weighted by Gasteiger charge is -2.36. The van der Waals surface area contributed by atoms with E-state index in [-0.39, 0.29) is 12.2 Å². The topological polar surface area (TPSA) is 87.8 Å². The van der Waals surface area contributed by atoms with Crippen molar-refractivity contribution in [1.29, 1.82) is 0 Å². The summed E-state index contributed by atoms with van der Waals surface area (Å²) < 4.78 is 11.4. The molecule has 1 aromatic carbocycles. The minimum absolute atomic E-state index is 0.210. The zero-order valence-electron chi connectivity index (χ0n) is 19.5. The van der Waals surface area contributed by atoms with E-state index in [9.17, 15) is 0 Å². The average Bonchev–Trinajstić information content (AvgIpc) is 3.30. The number of pyridine rings is 1. The Morgan fingerprint density at radius 2 is 1.88 bits per heavy atom. The number of oxazole rings is 1. The summed E-state index contributed by atoms with van der Waals surface area (Å²) in [6, 6.07) is 14.0. The first-order chi connectivity index (χ1) is 16.1. The van der Waals surface area contributed by atoms with Crippen LogP contribution in [0.25, 0.3) is 11.5 Å². The molecule has 0 amide bonds. The number of hydrogen-bond donors (Lipinski definition) is 2. The van der Waals surface area contributed by atoms with Crippen LogP contribution < -0.4 is 15.5 Å². The Labute approximate surface area is 195 Å². The molecule has 0 aliphatic carbocycles. The third kappa shape index (κ3) is 6.32. The summed E-state index contributed by atoms with van der Waals surface area (Å²) in [7, 11) is 0. The van der Waals surface area contributed by atoms with Crippen molar-refractivity contribution in [1.82, 2.24) is 20.6 Å². The molecule has 1 aliphatic rings. The molecule has 4 rings (SSSR count). The van der Waals surface area contributed by atoms with E-state index >= 15 is 0 Å². The van der Waals surface area contributed by atoms with Crippen LogP contribution in [0.3, 0.4) is 0 Å². The first-order valence-corrected chi connectivity index (χ1v) is 11.5. The number of aliphatic imine (C=N–C) groups is 1. The van der Waals surface area contributed by atoms with Gasteiger partial charge in [-0.1, -0.05) is 24.3 Å². The Hall–Kier alpha value is -3.39. The fourth-order valence-corrected chi connectivity index (χ4v) is 3.85. The van der Waals surface area contributed by atoms with Crippen LogP contribution in [-0.2, 0) is 17.8 Å². The lowest BCUT2D eigenvalue weighted by molar-refractivity contribution is -0.00545. The van der Waals surface area contributed by atoms with Crippen LogP contribution in [0.5, 0.6) is 0 Å². The Kier molecular flexibility index (Phi) is 7.57. The standard InChI is InChI=1S/C25H32N6O2/c1-4-26-25(29-14-22-17-32-24(30-22)21-8-6-5-7-9-21)28-13-20-10-11-23(27-12-20)31-15-18(2)33-19(3)16-31/h5-12,17-19H,4,13-16H2,1-3H3,(H2,26,28,29). The average molecular weight is 449 g/mol. The van der Waals surface area contributed by atoms with Crippen molar-refractivity contribution in [2.45, 2.75) is 46.1 Å². The smallest absolute Gasteiger partial charge is 0.226 e. The number of ether oxygens (including phenoxy) is 1. The van der Waals surface area contributed by atoms with Crippen molar-refractivity contribution >= 4 is 11.8 Å². The van der Waals surface area contributed by atoms with Gasteiger partial charge in [-0.2, -0.15) is 0 Å². The van der Waals surface area contributed by atoms with Crippen molar-refractivity contribution in [3.63, 3.8) is 0 Å². The largest absolute Gasteiger partial charge is 0.444 e. The van der Waals surface area contributed by atoms with Gasteiger partial charge in [-0.15, -0.1) is 0 Å². The van der Waals surface area contributed by atoms with Crippen molar-refractivity contribution in [2.75, 3.05) is 24.5 Å². The van der Waals surface area contributed by atoms with E-state index in [1.165, 1.54) is 0 Å². The van der Waals surface area contributed by atoms with Gasteiger partial charge in [0.2, 0.25) is 5.89 Å². The van der Waals surface area contributed by atoms with Gasteiger partial charge >= 0.3 is 0 Å². The van der Waals surface area contributed by atoms with E-state index in [0.717, 1.165) is 48.2 Å². The van der Waals surface area contributed by atoms with Gasteiger partial charge in [0.1, 0.15) is 12.1 Å². The van der Waals surface area contributed by atoms with Gasteiger partial charge in [0, 0.05) is 31.4 Å². The van der Waals surface area contributed by atoms with Gasteiger partial charge < -0.3 is 24.7 Å². The fraction of sp³-hybridized carbons (Fsp3) is 0.400. The first kappa shape index (κ1) is 22.8. The second-order valence-corrected chi connectivity index (χ2v) is 8.25. The molecule has 2 unspecified atom stereocenters. The maximum absolute atomic E-state index is 5.82. The molecule has 1 fully saturated rings. The summed E-state index contributed by atoms with van der Waals surface area (Å²) in [6.45, 7) is 9.78. The van der Waals surface area contributed by atoms with Crippen LogP contribution in [0, 0.1) is 0 Å². The van der Waals surface area contributed by atoms with E-state index in [1.54, 1.807) is 6.26 Å². The minimum Gasteiger partial charge on any atom is -0.444 e. The predicted octanol–water partition coefficient (Wildman–Crippen LogP) is 3.61. The summed E-state index contributed by atoms with van der Waals surface area (Å²) in [5.74, 6) is 2.32. The van der Waals surface area contributed by atoms with Gasteiger partial charge in [0.05, 0.1) is 31.0 Å². The molecule has 33 heavy (non-hydrogen) atoms. The highest BCUT2D eigenvalue weighted by Gasteiger charge is 2.22. The number of aromatic nitrogens is 2. The quantitative estimate of drug-likeness (QED) is 0.422. The number of morpholine rings is 1. The molecular weight excluding hydrogens is 416 g/mol. The van der Waals surface area contributed by atoms with Crippen LogP contribution >= 0.6 is 0 Å². The molecule has 2 atom stereocenters. The molecule has 3 aromatic rings. The number of guanidine groups is 1. The maximum Gasteiger partial charge on any atom is 0.226 e. The van der Waals surface area contributed by atoms with Crippen molar-refractivity contribution in [2.24, 2.45) is 4.99 Å². The fourth-order valence-electron chi connectivity index (χ4n) is 3.85. The molecule has 0 bridgehead atoms. The number of hydrogen-bond acceptors (Lipinski definition) is 6. The van der Waals surface area contributed by atoms with E-state index < -0.39 is 0 Å². The first-order valence-electron chi connectivity index (χ1n) is 11.5. The highest BCUT2D eigenvalue weighted by Crippen LogP contribution is 2.19. The molecule has 0 saturated carbocycles. The molecule has 2 N–H and O–H groups in total. The monoisotopic (exact) mass is 448 g/mol. The second-order valence-electron chi connectivity index (χ2n) is 8.25. The lowest BCUT2D eigenvalue weighted by atomic mass is 10.2. The summed E-state index contributed by atoms with van der Waals surface area (Å²) in [5, 5.41) is 6.59. The van der Waals surface area contributed by atoms with Gasteiger partial charge in [-0.3, -0.25) is 0 Å². The second kappa shape index (κ2) is 11.0. The Morgan fingerprint density at radius 3 is 2.58 bits per heavy atom. The van der Waals surface area contributed by atoms with Crippen LogP contribution in [-0.4, -0.2) is 47.8 Å². The highest BCUT2D eigenvalue weighted by atomic mass is 16.5. The van der Waals surface area contributed by atoms with Crippen molar-refractivity contribution in [3.05, 3.63) is 66.2 Å². The SMILES string of the molecule is CCNC(=NCc1ccc(N2CC(C)OC(C)C2)nc1)NCc1coc(-c2ccccc2)n1. The summed E-state index contributed by atoms with van der Waals surface area (Å²) in [6.07, 6.45) is 4.00. The van der Waals surface area contributed by atoms with E-state index in [4.69, 9.17) is 14.1 Å². The van der Waals surface area contributed by atoms with Crippen LogP contribution in [0.2, 0.25) is 0 Å². The molecule has 8 heteroatoms. The molecule has 1 saturated heterocycles. The normalized spacial score (nSPS) is 18.9. The Morgan fingerprint density at radius 1 is 1.09 bits per heavy atom. The van der Waals surface area contributed by atoms with Crippen LogP contribution in [0.15, 0.2) is 64.3 Å². The third-order valence-corrected chi connectivity index (χ3v) is 5.33. The number of rotatable bonds is 7. The molecule has 0 spiro atoms. The molecular formula is C25H32N6O2. The number of nitrogens with one attached hydrogen (secondary N) is 2. The van der Waals surface area contributed by atoms with Crippen LogP contribution in [0.1, 0.15) is 32.0 Å². The van der Waals surface area contributed by atoms with Crippen molar-refractivity contribution < 1.29 is 9.15 Å².